The molecular weight excluding hydrogens is 318 g/mol. The van der Waals surface area contributed by atoms with E-state index < -0.39 is 12.3 Å². The van der Waals surface area contributed by atoms with Gasteiger partial charge in [0.2, 0.25) is 0 Å². The molecule has 2 aliphatic heterocycles. The van der Waals surface area contributed by atoms with Crippen molar-refractivity contribution in [2.75, 3.05) is 32.9 Å². The molecule has 0 radical (unpaired) electrons. The molecule has 24 heavy (non-hydrogen) atoms. The Bertz CT molecular complexity index is 544. The van der Waals surface area contributed by atoms with Gasteiger partial charge < -0.3 is 29.3 Å². The van der Waals surface area contributed by atoms with Gasteiger partial charge in [-0.05, 0) is 24.1 Å². The number of β-amino-alcohol motifs (C(OH)–C–C–N with tert-alkyl or cyclic N) is 1. The Morgan fingerprint density at radius 3 is 2.58 bits per heavy atom. The molecule has 8 nitrogen and oxygen atoms in total. The van der Waals surface area contributed by atoms with Gasteiger partial charge in [-0.1, -0.05) is 12.1 Å². The summed E-state index contributed by atoms with van der Waals surface area (Å²) in [6, 6.07) is 7.51. The van der Waals surface area contributed by atoms with E-state index in [0.29, 0.717) is 38.5 Å². The second-order valence-corrected chi connectivity index (χ2v) is 5.76. The minimum absolute atomic E-state index is 0.0609. The van der Waals surface area contributed by atoms with Crippen molar-refractivity contribution < 1.29 is 34.1 Å². The molecule has 0 bridgehead atoms. The Morgan fingerprint density at radius 2 is 1.96 bits per heavy atom. The fourth-order valence-corrected chi connectivity index (χ4v) is 2.96. The van der Waals surface area contributed by atoms with Crippen molar-refractivity contribution in [3.63, 3.8) is 0 Å². The van der Waals surface area contributed by atoms with Gasteiger partial charge in [0, 0.05) is 12.5 Å². The highest BCUT2D eigenvalue weighted by Gasteiger charge is 2.30. The molecule has 0 amide bonds. The SMILES string of the molecule is O=C(O)ON1CCC(c2ccc(OCC3OCCO3)cc2)C(O)C1. The Labute approximate surface area is 139 Å². The summed E-state index contributed by atoms with van der Waals surface area (Å²) < 4.78 is 16.2. The first-order chi connectivity index (χ1) is 11.6. The number of rotatable bonds is 5. The first-order valence-corrected chi connectivity index (χ1v) is 7.91. The number of carboxylic acid groups (broad SMARTS) is 1. The lowest BCUT2D eigenvalue weighted by Crippen LogP contribution is -2.43. The summed E-state index contributed by atoms with van der Waals surface area (Å²) in [6.07, 6.45) is -1.76. The van der Waals surface area contributed by atoms with Crippen LogP contribution in [0.15, 0.2) is 24.3 Å². The van der Waals surface area contributed by atoms with Crippen LogP contribution in [0.5, 0.6) is 5.75 Å². The smallest absolute Gasteiger partial charge is 0.488 e. The number of nitrogens with zero attached hydrogens (tertiary/aromatic N) is 1. The molecule has 2 aliphatic rings. The summed E-state index contributed by atoms with van der Waals surface area (Å²) in [6.45, 7) is 2.13. The molecule has 2 N–H and O–H groups in total. The van der Waals surface area contributed by atoms with Gasteiger partial charge in [-0.3, -0.25) is 0 Å². The topological polar surface area (TPSA) is 97.7 Å². The molecule has 8 heteroatoms. The number of hydrogen-bond acceptors (Lipinski definition) is 7. The lowest BCUT2D eigenvalue weighted by molar-refractivity contribution is -0.154. The van der Waals surface area contributed by atoms with E-state index in [4.69, 9.17) is 19.3 Å². The zero-order chi connectivity index (χ0) is 16.9. The van der Waals surface area contributed by atoms with Crippen LogP contribution in [0.1, 0.15) is 17.9 Å². The lowest BCUT2D eigenvalue weighted by atomic mass is 9.88. The summed E-state index contributed by atoms with van der Waals surface area (Å²) in [7, 11) is 0. The van der Waals surface area contributed by atoms with E-state index in [1.807, 2.05) is 24.3 Å². The van der Waals surface area contributed by atoms with Gasteiger partial charge in [-0.2, -0.15) is 0 Å². The Balaban J connectivity index is 1.52. The van der Waals surface area contributed by atoms with Crippen LogP contribution in [0.4, 0.5) is 4.79 Å². The number of ether oxygens (including phenoxy) is 3. The van der Waals surface area contributed by atoms with Crippen LogP contribution in [0.2, 0.25) is 0 Å². The van der Waals surface area contributed by atoms with Crippen molar-refractivity contribution in [3.05, 3.63) is 29.8 Å². The Hall–Kier alpha value is -1.87. The molecule has 1 aromatic carbocycles. The molecule has 3 rings (SSSR count). The normalized spacial score (nSPS) is 25.5. The molecule has 2 atom stereocenters. The number of carbonyl (C=O) groups is 1. The van der Waals surface area contributed by atoms with Gasteiger partial charge in [-0.15, -0.1) is 5.06 Å². The monoisotopic (exact) mass is 339 g/mol. The number of benzene rings is 1. The van der Waals surface area contributed by atoms with Crippen molar-refractivity contribution in [1.29, 1.82) is 0 Å². The van der Waals surface area contributed by atoms with Gasteiger partial charge in [-0.25, -0.2) is 4.79 Å². The van der Waals surface area contributed by atoms with Gasteiger partial charge in [0.1, 0.15) is 12.4 Å². The largest absolute Gasteiger partial charge is 0.525 e. The molecule has 2 heterocycles. The maximum absolute atomic E-state index is 10.5. The van der Waals surface area contributed by atoms with Gasteiger partial charge in [0.15, 0.2) is 6.29 Å². The average molecular weight is 339 g/mol. The molecule has 132 valence electrons. The van der Waals surface area contributed by atoms with Gasteiger partial charge >= 0.3 is 6.16 Å². The van der Waals surface area contributed by atoms with E-state index in [9.17, 15) is 9.90 Å². The van der Waals surface area contributed by atoms with Crippen molar-refractivity contribution in [2.45, 2.75) is 24.7 Å². The third-order valence-corrected chi connectivity index (χ3v) is 4.14. The van der Waals surface area contributed by atoms with Gasteiger partial charge in [0.05, 0.1) is 25.9 Å². The number of piperidine rings is 1. The first kappa shape index (κ1) is 17.0. The summed E-state index contributed by atoms with van der Waals surface area (Å²) in [5, 5.41) is 20.1. The Morgan fingerprint density at radius 1 is 1.25 bits per heavy atom. The van der Waals surface area contributed by atoms with Crippen LogP contribution in [0.25, 0.3) is 0 Å². The molecule has 0 spiro atoms. The second kappa shape index (κ2) is 7.80. The Kier molecular flexibility index (Phi) is 5.52. The van der Waals surface area contributed by atoms with Crippen molar-refractivity contribution in [1.82, 2.24) is 5.06 Å². The fourth-order valence-electron chi connectivity index (χ4n) is 2.96. The molecule has 2 fully saturated rings. The molecule has 2 saturated heterocycles. The summed E-state index contributed by atoms with van der Waals surface area (Å²) in [4.78, 5) is 15.1. The van der Waals surface area contributed by atoms with E-state index in [1.165, 1.54) is 5.06 Å². The predicted molar refractivity (Wildman–Crippen MR) is 81.7 cm³/mol. The van der Waals surface area contributed by atoms with E-state index in [-0.39, 0.29) is 18.8 Å². The van der Waals surface area contributed by atoms with E-state index in [0.717, 1.165) is 5.56 Å². The molecule has 0 saturated carbocycles. The van der Waals surface area contributed by atoms with Crippen LogP contribution >= 0.6 is 0 Å². The number of aliphatic hydroxyl groups excluding tert-OH is 1. The third-order valence-electron chi connectivity index (χ3n) is 4.14. The van der Waals surface area contributed by atoms with Crippen LogP contribution in [-0.4, -0.2) is 66.7 Å². The van der Waals surface area contributed by atoms with Crippen molar-refractivity contribution in [2.24, 2.45) is 0 Å². The van der Waals surface area contributed by atoms with Crippen molar-refractivity contribution in [3.8, 4) is 5.75 Å². The fraction of sp³-hybridized carbons (Fsp3) is 0.562. The highest BCUT2D eigenvalue weighted by atomic mass is 16.8. The van der Waals surface area contributed by atoms with Crippen LogP contribution in [-0.2, 0) is 14.3 Å². The number of hydroxylamine groups is 2. The molecule has 1 aromatic rings. The maximum Gasteiger partial charge on any atom is 0.525 e. The zero-order valence-electron chi connectivity index (χ0n) is 13.2. The summed E-state index contributed by atoms with van der Waals surface area (Å²) in [5.41, 5.74) is 0.984. The number of aliphatic hydroxyl groups is 1. The predicted octanol–water partition coefficient (Wildman–Crippen LogP) is 1.20. The maximum atomic E-state index is 10.5. The zero-order valence-corrected chi connectivity index (χ0v) is 13.2. The third kappa shape index (κ3) is 4.35. The minimum Gasteiger partial charge on any atom is -0.488 e. The van der Waals surface area contributed by atoms with Crippen LogP contribution in [0, 0.1) is 0 Å². The second-order valence-electron chi connectivity index (χ2n) is 5.76. The quantitative estimate of drug-likeness (QED) is 0.826. The average Bonchev–Trinajstić information content (AvgIpc) is 3.07. The summed E-state index contributed by atoms with van der Waals surface area (Å²) in [5.74, 6) is 0.646. The van der Waals surface area contributed by atoms with E-state index in [2.05, 4.69) is 4.84 Å². The molecule has 0 aromatic heterocycles. The van der Waals surface area contributed by atoms with E-state index >= 15 is 0 Å². The van der Waals surface area contributed by atoms with Crippen LogP contribution < -0.4 is 4.74 Å². The molecular formula is C16H21NO7. The van der Waals surface area contributed by atoms with Crippen LogP contribution in [0.3, 0.4) is 0 Å². The first-order valence-electron chi connectivity index (χ1n) is 7.91. The van der Waals surface area contributed by atoms with Crippen molar-refractivity contribution >= 4 is 6.16 Å². The van der Waals surface area contributed by atoms with E-state index in [1.54, 1.807) is 0 Å². The van der Waals surface area contributed by atoms with Gasteiger partial charge in [0.25, 0.3) is 0 Å². The highest BCUT2D eigenvalue weighted by molar-refractivity contribution is 5.56. The number of hydrogen-bond donors (Lipinski definition) is 2. The highest BCUT2D eigenvalue weighted by Crippen LogP contribution is 2.29. The minimum atomic E-state index is -1.36. The lowest BCUT2D eigenvalue weighted by Gasteiger charge is -2.34. The standard InChI is InChI=1S/C16H21NO7/c18-14-9-17(24-16(19)20)6-5-13(14)11-1-3-12(4-2-11)23-10-15-21-7-8-22-15/h1-4,13-15,18H,5-10H2,(H,19,20). The molecule has 2 unspecified atom stereocenters. The molecule has 0 aliphatic carbocycles. The summed E-state index contributed by atoms with van der Waals surface area (Å²) >= 11 is 0.